The second kappa shape index (κ2) is 7.94. The molecule has 0 saturated heterocycles. The molecule has 4 rings (SSSR count). The van der Waals surface area contributed by atoms with E-state index in [-0.39, 0.29) is 0 Å². The number of methoxy groups -OCH3 is 1. The van der Waals surface area contributed by atoms with Crippen LogP contribution in [0, 0.1) is 0 Å². The van der Waals surface area contributed by atoms with Gasteiger partial charge >= 0.3 is 6.03 Å². The predicted octanol–water partition coefficient (Wildman–Crippen LogP) is 4.98. The highest BCUT2D eigenvalue weighted by molar-refractivity contribution is 6.35. The summed E-state index contributed by atoms with van der Waals surface area (Å²) in [4.78, 5) is 20.0. The number of rotatable bonds is 4. The summed E-state index contributed by atoms with van der Waals surface area (Å²) in [6.07, 6.45) is 1.58. The quantitative estimate of drug-likeness (QED) is 0.425. The highest BCUT2D eigenvalue weighted by Gasteiger charge is 2.13. The van der Waals surface area contributed by atoms with Gasteiger partial charge in [0.05, 0.1) is 24.5 Å². The van der Waals surface area contributed by atoms with Gasteiger partial charge in [0.25, 0.3) is 0 Å². The van der Waals surface area contributed by atoms with Gasteiger partial charge in [-0.1, -0.05) is 23.2 Å². The van der Waals surface area contributed by atoms with E-state index in [2.05, 4.69) is 30.8 Å². The third kappa shape index (κ3) is 4.23. The number of amides is 2. The van der Waals surface area contributed by atoms with Gasteiger partial charge in [0.2, 0.25) is 0 Å². The number of imidazole rings is 1. The van der Waals surface area contributed by atoms with Crippen LogP contribution in [0.25, 0.3) is 22.6 Å². The molecule has 2 aromatic heterocycles. The van der Waals surface area contributed by atoms with Crippen molar-refractivity contribution in [3.63, 3.8) is 0 Å². The van der Waals surface area contributed by atoms with E-state index in [4.69, 9.17) is 27.9 Å². The van der Waals surface area contributed by atoms with Crippen LogP contribution in [0.1, 0.15) is 0 Å². The third-order valence-electron chi connectivity index (χ3n) is 4.01. The molecule has 0 aliphatic heterocycles. The molecule has 0 bridgehead atoms. The van der Waals surface area contributed by atoms with Crippen molar-refractivity contribution >= 4 is 51.8 Å². The zero-order valence-electron chi connectivity index (χ0n) is 15.0. The van der Waals surface area contributed by atoms with Gasteiger partial charge in [-0.05, 0) is 42.5 Å². The predicted molar refractivity (Wildman–Crippen MR) is 113 cm³/mol. The van der Waals surface area contributed by atoms with Crippen LogP contribution in [0.5, 0.6) is 5.75 Å². The van der Waals surface area contributed by atoms with E-state index >= 15 is 0 Å². The van der Waals surface area contributed by atoms with Crippen molar-refractivity contribution in [2.24, 2.45) is 0 Å². The molecule has 0 aliphatic carbocycles. The standard InChI is InChI=1S/C19H14Cl2N6O2/c1-29-16-3-2-10(17-24-14-4-5-22-27-18(14)26-17)6-15(16)25-19(28)23-13-8-11(20)7-12(21)9-13/h2-9H,1H3,(H2,23,25,28)(H,24,26,27). The first kappa shape index (κ1) is 19.0. The summed E-state index contributed by atoms with van der Waals surface area (Å²) in [6.45, 7) is 0. The lowest BCUT2D eigenvalue weighted by molar-refractivity contribution is 0.262. The Balaban J connectivity index is 1.60. The second-order valence-electron chi connectivity index (χ2n) is 6.01. The molecule has 0 atom stereocenters. The smallest absolute Gasteiger partial charge is 0.323 e. The van der Waals surface area contributed by atoms with Gasteiger partial charge in [-0.2, -0.15) is 5.10 Å². The van der Waals surface area contributed by atoms with Crippen LogP contribution < -0.4 is 15.4 Å². The number of nitrogens with zero attached hydrogens (tertiary/aromatic N) is 3. The number of carbonyl (C=O) groups is 1. The number of carbonyl (C=O) groups excluding carboxylic acids is 1. The molecule has 0 unspecified atom stereocenters. The molecular weight excluding hydrogens is 415 g/mol. The summed E-state index contributed by atoms with van der Waals surface area (Å²) < 4.78 is 5.35. The zero-order valence-corrected chi connectivity index (χ0v) is 16.5. The highest BCUT2D eigenvalue weighted by Crippen LogP contribution is 2.30. The monoisotopic (exact) mass is 428 g/mol. The van der Waals surface area contributed by atoms with E-state index in [9.17, 15) is 4.79 Å². The van der Waals surface area contributed by atoms with Gasteiger partial charge in [-0.3, -0.25) is 0 Å². The molecule has 2 amide bonds. The molecule has 4 aromatic rings. The molecule has 0 fully saturated rings. The van der Waals surface area contributed by atoms with E-state index in [1.807, 2.05) is 6.07 Å². The number of aromatic nitrogens is 4. The van der Waals surface area contributed by atoms with E-state index in [1.54, 1.807) is 42.6 Å². The lowest BCUT2D eigenvalue weighted by Gasteiger charge is -2.12. The minimum absolute atomic E-state index is 0.417. The van der Waals surface area contributed by atoms with Crippen LogP contribution in [-0.4, -0.2) is 33.3 Å². The zero-order chi connectivity index (χ0) is 20.4. The van der Waals surface area contributed by atoms with Gasteiger partial charge < -0.3 is 20.4 Å². The first-order valence-corrected chi connectivity index (χ1v) is 9.17. The van der Waals surface area contributed by atoms with Crippen molar-refractivity contribution in [1.29, 1.82) is 0 Å². The number of ether oxygens (including phenoxy) is 1. The minimum Gasteiger partial charge on any atom is -0.495 e. The van der Waals surface area contributed by atoms with Crippen molar-refractivity contribution in [3.8, 4) is 17.1 Å². The first-order valence-electron chi connectivity index (χ1n) is 8.42. The SMILES string of the molecule is COc1ccc(-c2nc3nnccc3[nH]2)cc1NC(=O)Nc1cc(Cl)cc(Cl)c1. The summed E-state index contributed by atoms with van der Waals surface area (Å²) in [5.41, 5.74) is 2.93. The topological polar surface area (TPSA) is 105 Å². The number of benzene rings is 2. The van der Waals surface area contributed by atoms with Crippen LogP contribution >= 0.6 is 23.2 Å². The fourth-order valence-electron chi connectivity index (χ4n) is 2.77. The Kier molecular flexibility index (Phi) is 5.20. The summed E-state index contributed by atoms with van der Waals surface area (Å²) >= 11 is 11.9. The lowest BCUT2D eigenvalue weighted by atomic mass is 10.1. The second-order valence-corrected chi connectivity index (χ2v) is 6.88. The largest absolute Gasteiger partial charge is 0.495 e. The van der Waals surface area contributed by atoms with Crippen LogP contribution in [0.3, 0.4) is 0 Å². The molecule has 2 heterocycles. The van der Waals surface area contributed by atoms with E-state index in [0.29, 0.717) is 38.6 Å². The number of hydrogen-bond acceptors (Lipinski definition) is 5. The fraction of sp³-hybridized carbons (Fsp3) is 0.0526. The summed E-state index contributed by atoms with van der Waals surface area (Å²) in [7, 11) is 1.52. The van der Waals surface area contributed by atoms with Crippen LogP contribution in [-0.2, 0) is 0 Å². The number of hydrogen-bond donors (Lipinski definition) is 3. The van der Waals surface area contributed by atoms with Crippen molar-refractivity contribution in [2.75, 3.05) is 17.7 Å². The summed E-state index contributed by atoms with van der Waals surface area (Å²) in [5, 5.41) is 14.1. The maximum Gasteiger partial charge on any atom is 0.323 e. The molecule has 10 heteroatoms. The molecular formula is C19H14Cl2N6O2. The van der Waals surface area contributed by atoms with Crippen LogP contribution in [0.15, 0.2) is 48.7 Å². The van der Waals surface area contributed by atoms with E-state index < -0.39 is 6.03 Å². The van der Waals surface area contributed by atoms with Crippen molar-refractivity contribution in [3.05, 3.63) is 58.7 Å². The Morgan fingerprint density at radius 2 is 1.86 bits per heavy atom. The fourth-order valence-corrected chi connectivity index (χ4v) is 3.29. The minimum atomic E-state index is -0.478. The number of aromatic amines is 1. The van der Waals surface area contributed by atoms with Gasteiger partial charge in [0.15, 0.2) is 5.65 Å². The molecule has 0 saturated carbocycles. The normalized spacial score (nSPS) is 10.7. The Labute approximate surface area is 175 Å². The third-order valence-corrected chi connectivity index (χ3v) is 4.45. The number of urea groups is 1. The van der Waals surface area contributed by atoms with Gasteiger partial charge in [-0.25, -0.2) is 9.78 Å². The maximum absolute atomic E-state index is 12.5. The van der Waals surface area contributed by atoms with Crippen molar-refractivity contribution in [2.45, 2.75) is 0 Å². The molecule has 8 nitrogen and oxygen atoms in total. The molecule has 0 radical (unpaired) electrons. The van der Waals surface area contributed by atoms with Crippen LogP contribution in [0.4, 0.5) is 16.2 Å². The molecule has 29 heavy (non-hydrogen) atoms. The van der Waals surface area contributed by atoms with Crippen LogP contribution in [0.2, 0.25) is 10.0 Å². The number of anilines is 2. The molecule has 3 N–H and O–H groups in total. The van der Waals surface area contributed by atoms with E-state index in [1.165, 1.54) is 7.11 Å². The Morgan fingerprint density at radius 3 is 2.59 bits per heavy atom. The Bertz CT molecular complexity index is 1160. The molecule has 146 valence electrons. The average Bonchev–Trinajstić information content (AvgIpc) is 3.11. The van der Waals surface area contributed by atoms with Gasteiger partial charge in [0, 0.05) is 21.3 Å². The average molecular weight is 429 g/mol. The van der Waals surface area contributed by atoms with E-state index in [0.717, 1.165) is 11.1 Å². The maximum atomic E-state index is 12.5. The number of H-pyrrole nitrogens is 1. The highest BCUT2D eigenvalue weighted by atomic mass is 35.5. The molecule has 0 spiro atoms. The van der Waals surface area contributed by atoms with Crippen molar-refractivity contribution in [1.82, 2.24) is 20.2 Å². The number of halogens is 2. The number of nitrogens with one attached hydrogen (secondary N) is 3. The first-order chi connectivity index (χ1) is 14.0. The Hall–Kier alpha value is -3.36. The number of fused-ring (bicyclic) bond motifs is 1. The lowest BCUT2D eigenvalue weighted by Crippen LogP contribution is -2.19. The summed E-state index contributed by atoms with van der Waals surface area (Å²) in [6, 6.07) is 11.4. The molecule has 2 aromatic carbocycles. The van der Waals surface area contributed by atoms with Gasteiger partial charge in [-0.15, -0.1) is 5.10 Å². The molecule has 0 aliphatic rings. The Morgan fingerprint density at radius 1 is 1.07 bits per heavy atom. The summed E-state index contributed by atoms with van der Waals surface area (Å²) in [5.74, 6) is 1.08. The van der Waals surface area contributed by atoms with Gasteiger partial charge in [0.1, 0.15) is 11.6 Å². The van der Waals surface area contributed by atoms with Crippen molar-refractivity contribution < 1.29 is 9.53 Å².